The second kappa shape index (κ2) is 42.5. The van der Waals surface area contributed by atoms with Crippen LogP contribution in [0.15, 0.2) is 64.6 Å². The normalized spacial score (nSPS) is 15.1. The van der Waals surface area contributed by atoms with Crippen molar-refractivity contribution in [1.29, 1.82) is 0 Å². The number of hydrogen-bond donors (Lipinski definition) is 13. The van der Waals surface area contributed by atoms with Crippen LogP contribution < -0.4 is 61.0 Å². The number of nitrogens with zero attached hydrogens (tertiary/aromatic N) is 4. The van der Waals surface area contributed by atoms with Crippen LogP contribution >= 0.6 is 0 Å². The van der Waals surface area contributed by atoms with Crippen LogP contribution in [0.1, 0.15) is 109 Å². The number of methoxy groups -OCH3 is 1. The number of carbonyl (C=O) groups is 11. The van der Waals surface area contributed by atoms with Gasteiger partial charge in [-0.2, -0.15) is 0 Å². The first-order valence-electron chi connectivity index (χ1n) is 31.5. The predicted octanol–water partition coefficient (Wildman–Crippen LogP) is -1.60. The number of benzene rings is 2. The van der Waals surface area contributed by atoms with E-state index >= 15 is 0 Å². The van der Waals surface area contributed by atoms with Crippen LogP contribution in [0.3, 0.4) is 0 Å². The van der Waals surface area contributed by atoms with Crippen LogP contribution in [0, 0.1) is 23.7 Å². The summed E-state index contributed by atoms with van der Waals surface area (Å²) in [5.74, 6) is -13.0. The molecule has 0 aliphatic carbocycles. The van der Waals surface area contributed by atoms with Crippen LogP contribution in [0.2, 0.25) is 0 Å². The molecule has 1 aliphatic rings. The van der Waals surface area contributed by atoms with Gasteiger partial charge >= 0.3 is 5.97 Å². The molecule has 1 fully saturated rings. The lowest BCUT2D eigenvalue weighted by molar-refractivity contribution is -0.139. The minimum absolute atomic E-state index is 0.0208. The summed E-state index contributed by atoms with van der Waals surface area (Å²) in [6, 6.07) is 8.17. The molecule has 0 saturated carbocycles. The summed E-state index contributed by atoms with van der Waals surface area (Å²) >= 11 is 0. The van der Waals surface area contributed by atoms with Gasteiger partial charge in [-0.05, 0) is 87.0 Å². The number of rotatable bonds is 47. The second-order valence-corrected chi connectivity index (χ2v) is 23.8. The van der Waals surface area contributed by atoms with Crippen molar-refractivity contribution in [3.8, 4) is 5.75 Å². The smallest absolute Gasteiger partial charge is 0.303 e. The Morgan fingerprint density at radius 2 is 1.09 bits per heavy atom. The number of aromatic hydroxyl groups is 1. The summed E-state index contributed by atoms with van der Waals surface area (Å²) in [5.41, 5.74) is 33.9. The fourth-order valence-corrected chi connectivity index (χ4v) is 10.4. The number of ether oxygens (including phenoxy) is 2. The van der Waals surface area contributed by atoms with Crippen LogP contribution in [-0.4, -0.2) is 206 Å². The largest absolute Gasteiger partial charge is 0.508 e. The molecule has 8 atom stereocenters. The van der Waals surface area contributed by atoms with Gasteiger partial charge in [0.05, 0.1) is 44.3 Å². The van der Waals surface area contributed by atoms with Gasteiger partial charge in [-0.15, -0.1) is 0 Å². The Labute approximate surface area is 543 Å². The first kappa shape index (κ1) is 78.6. The second-order valence-electron chi connectivity index (χ2n) is 23.8. The Kier molecular flexibility index (Phi) is 35.9. The summed E-state index contributed by atoms with van der Waals surface area (Å²) in [5, 5.41) is 33.2. The highest BCUT2D eigenvalue weighted by molar-refractivity contribution is 5.98. The highest BCUT2D eigenvalue weighted by Gasteiger charge is 2.36. The highest BCUT2D eigenvalue weighted by atomic mass is 16.5. The molecule has 0 aromatic heterocycles. The number of ketones is 3. The molecule has 19 N–H and O–H groups in total. The summed E-state index contributed by atoms with van der Waals surface area (Å²) in [6.07, 6.45) is -1.93. The van der Waals surface area contributed by atoms with Gasteiger partial charge in [0, 0.05) is 103 Å². The van der Waals surface area contributed by atoms with Crippen LogP contribution in [0.25, 0.3) is 0 Å². The molecule has 0 bridgehead atoms. The number of nitrogens with one attached hydrogen (secondary N) is 5. The number of aliphatic imine (C=N–C) groups is 2. The van der Waals surface area contributed by atoms with E-state index in [0.29, 0.717) is 57.1 Å². The average molecular weight is 1310 g/mol. The van der Waals surface area contributed by atoms with E-state index in [-0.39, 0.29) is 94.6 Å². The fraction of sp³-hybridized carbons (Fsp3) is 0.603. The quantitative estimate of drug-likeness (QED) is 0.0202. The number of hydrogen-bond acceptors (Lipinski definition) is 18. The van der Waals surface area contributed by atoms with E-state index in [0.717, 1.165) is 13.0 Å². The molecule has 1 aliphatic heterocycles. The summed E-state index contributed by atoms with van der Waals surface area (Å²) in [7, 11) is 1.61. The number of phenolic OH excluding ortho intramolecular Hbond substituents is 1. The fourth-order valence-electron chi connectivity index (χ4n) is 10.4. The van der Waals surface area contributed by atoms with Gasteiger partial charge in [0.1, 0.15) is 17.8 Å². The molecule has 7 amide bonds. The lowest BCUT2D eigenvalue weighted by Gasteiger charge is -2.34. The molecule has 0 radical (unpaired) electrons. The van der Waals surface area contributed by atoms with Crippen LogP contribution in [-0.2, 0) is 75.1 Å². The van der Waals surface area contributed by atoms with Crippen molar-refractivity contribution in [3.05, 3.63) is 65.7 Å². The van der Waals surface area contributed by atoms with Gasteiger partial charge in [0.25, 0.3) is 0 Å². The SMILES string of the molecule is COCCOCCCN1CCN(CC(=O)N[C@@H](Cc2ccc(O)cc2)C(=O)C[C@@H](CCC(=O)O)C(=O)N[C@@H](CC(C)C)C(=O)C[C@@H](Cc2ccccc2)C(=O)N[C@@H](CCCN=C(N)N)C(=O)C[C@@H](C)C(=O)N[C@@H](CCCN=C(N)N)C(=O)N[C@@H](CC(N)=O)C(N)=O)CC1. The Morgan fingerprint density at radius 1 is 0.548 bits per heavy atom. The standard InChI is InChI=1S/C63H99N15O15/c1-39(2)31-48(75-59(89)43(17-20-56(85)86)35-52(81)49(34-42-15-18-45(79)19-16-42)72-55(84)38-78-26-24-77(25-27-78)23-10-28-93-30-29-92-4)53(82)36-44(33-41-11-6-5-7-12-41)60(90)73-46(13-8-21-70-62(66)67)51(80)32-40(3)58(88)74-47(14-9-22-71-63(68)69)61(91)76-50(57(65)87)37-54(64)83/h5-7,11-12,15-16,18-19,39-40,43-44,46-50,79H,8-10,13-14,17,20-38H2,1-4H3,(H2,64,83)(H2,65,87)(H,72,84)(H,73,90)(H,74,88)(H,75,89)(H,76,91)(H,85,86)(H4,66,67,70)(H4,68,69,71)/t40-,43-,44-,46+,47+,48+,49+,50+/m1/s1. The molecule has 2 aromatic rings. The molecular weight excluding hydrogens is 1210 g/mol. The van der Waals surface area contributed by atoms with Crippen molar-refractivity contribution >= 4 is 76.6 Å². The maximum absolute atomic E-state index is 14.8. The number of carbonyl (C=O) groups excluding carboxylic acids is 10. The van der Waals surface area contributed by atoms with E-state index < -0.39 is 145 Å². The number of carboxylic acid groups (broad SMARTS) is 1. The Balaban J connectivity index is 1.90. The third-order valence-corrected chi connectivity index (χ3v) is 15.5. The summed E-state index contributed by atoms with van der Waals surface area (Å²) in [4.78, 5) is 162. The van der Waals surface area contributed by atoms with E-state index in [2.05, 4.69) is 41.5 Å². The number of guanidine groups is 2. The molecule has 30 nitrogen and oxygen atoms in total. The molecule has 3 rings (SSSR count). The van der Waals surface area contributed by atoms with Gasteiger partial charge < -0.3 is 85.6 Å². The molecule has 2 aromatic carbocycles. The number of aliphatic carboxylic acids is 1. The van der Waals surface area contributed by atoms with Gasteiger partial charge in [-0.25, -0.2) is 0 Å². The molecule has 0 unspecified atom stereocenters. The van der Waals surface area contributed by atoms with Crippen molar-refractivity contribution < 1.29 is 72.4 Å². The topological polar surface area (TPSA) is 494 Å². The van der Waals surface area contributed by atoms with E-state index in [4.69, 9.17) is 43.9 Å². The maximum atomic E-state index is 14.8. The average Bonchev–Trinajstić information content (AvgIpc) is 2.82. The third kappa shape index (κ3) is 32.5. The number of primary amides is 2. The zero-order valence-electron chi connectivity index (χ0n) is 54.0. The predicted molar refractivity (Wildman–Crippen MR) is 346 cm³/mol. The van der Waals surface area contributed by atoms with Crippen molar-refractivity contribution in [2.45, 2.75) is 141 Å². The minimum atomic E-state index is -1.51. The highest BCUT2D eigenvalue weighted by Crippen LogP contribution is 2.22. The Morgan fingerprint density at radius 3 is 1.67 bits per heavy atom. The Hall–Kier alpha value is -8.61. The maximum Gasteiger partial charge on any atom is 0.303 e. The van der Waals surface area contributed by atoms with Crippen molar-refractivity contribution in [1.82, 2.24) is 36.4 Å². The zero-order valence-corrected chi connectivity index (χ0v) is 54.0. The van der Waals surface area contributed by atoms with E-state index in [1.807, 2.05) is 4.90 Å². The van der Waals surface area contributed by atoms with Gasteiger partial charge in [0.2, 0.25) is 41.4 Å². The number of carboxylic acids is 1. The lowest BCUT2D eigenvalue weighted by atomic mass is 9.87. The van der Waals surface area contributed by atoms with Crippen molar-refractivity contribution in [3.63, 3.8) is 0 Å². The molecule has 0 spiro atoms. The molecule has 30 heteroatoms. The summed E-state index contributed by atoms with van der Waals surface area (Å²) < 4.78 is 10.6. The van der Waals surface area contributed by atoms with Gasteiger partial charge in [0.15, 0.2) is 29.3 Å². The first-order valence-corrected chi connectivity index (χ1v) is 31.5. The number of phenols is 1. The molecule has 93 heavy (non-hydrogen) atoms. The van der Waals surface area contributed by atoms with Crippen molar-refractivity contribution in [2.24, 2.45) is 68.1 Å². The van der Waals surface area contributed by atoms with E-state index in [1.54, 1.807) is 63.4 Å². The van der Waals surface area contributed by atoms with Gasteiger partial charge in [-0.1, -0.05) is 63.2 Å². The number of piperazine rings is 1. The number of amides is 7. The molecule has 516 valence electrons. The third-order valence-electron chi connectivity index (χ3n) is 15.5. The number of Topliss-reactive ketones (excluding diaryl/α,β-unsaturated/α-hetero) is 3. The molecular formula is C63H99N15O15. The molecule has 1 saturated heterocycles. The summed E-state index contributed by atoms with van der Waals surface area (Å²) in [6.45, 7) is 10.1. The lowest BCUT2D eigenvalue weighted by Crippen LogP contribution is -2.54. The molecule has 1 heterocycles. The minimum Gasteiger partial charge on any atom is -0.508 e. The number of nitrogens with two attached hydrogens (primary N) is 6. The van der Waals surface area contributed by atoms with Crippen molar-refractivity contribution in [2.75, 3.05) is 79.3 Å². The Bertz CT molecular complexity index is 2810. The van der Waals surface area contributed by atoms with Gasteiger partial charge in [-0.3, -0.25) is 67.6 Å². The zero-order chi connectivity index (χ0) is 69.0. The monoisotopic (exact) mass is 1310 g/mol. The van der Waals surface area contributed by atoms with Crippen LogP contribution in [0.4, 0.5) is 0 Å². The first-order chi connectivity index (χ1) is 44.1. The van der Waals surface area contributed by atoms with E-state index in [9.17, 15) is 63.0 Å². The van der Waals surface area contributed by atoms with Crippen LogP contribution in [0.5, 0.6) is 5.75 Å². The van der Waals surface area contributed by atoms with E-state index in [1.165, 1.54) is 19.1 Å².